The number of rotatable bonds is 5. The molecule has 0 spiro atoms. The fraction of sp³-hybridized carbons (Fsp3) is 0.368. The van der Waals surface area contributed by atoms with Gasteiger partial charge >= 0.3 is 0 Å². The van der Waals surface area contributed by atoms with Crippen molar-refractivity contribution in [1.29, 1.82) is 0 Å². The van der Waals surface area contributed by atoms with Crippen molar-refractivity contribution >= 4 is 15.5 Å². The van der Waals surface area contributed by atoms with Gasteiger partial charge in [-0.2, -0.15) is 0 Å². The summed E-state index contributed by atoms with van der Waals surface area (Å²) in [4.78, 5) is 20.7. The molecule has 1 aromatic carbocycles. The van der Waals surface area contributed by atoms with Crippen molar-refractivity contribution in [3.63, 3.8) is 0 Å². The zero-order valence-electron chi connectivity index (χ0n) is 14.9. The Balaban J connectivity index is 2.00. The molecule has 0 unspecified atom stereocenters. The van der Waals surface area contributed by atoms with Crippen molar-refractivity contribution < 1.29 is 13.3 Å². The summed E-state index contributed by atoms with van der Waals surface area (Å²) in [5.41, 5.74) is 2.11. The summed E-state index contributed by atoms with van der Waals surface area (Å²) in [5.74, 6) is 0. The van der Waals surface area contributed by atoms with E-state index in [0.717, 1.165) is 31.9 Å². The van der Waals surface area contributed by atoms with Gasteiger partial charge in [-0.05, 0) is 50.8 Å². The SMILES string of the molecule is Cc1ccc(/C(=N\OC2CCCC2)c2ccc(S(C)(=O)=O)cc2)[nH]c1=O. The average molecular weight is 374 g/mol. The van der Waals surface area contributed by atoms with Crippen LogP contribution in [0.4, 0.5) is 0 Å². The van der Waals surface area contributed by atoms with Crippen LogP contribution in [0.3, 0.4) is 0 Å². The van der Waals surface area contributed by atoms with Gasteiger partial charge in [0.05, 0.1) is 10.6 Å². The van der Waals surface area contributed by atoms with Gasteiger partial charge < -0.3 is 9.82 Å². The maximum absolute atomic E-state index is 12.0. The topological polar surface area (TPSA) is 88.6 Å². The number of hydrogen-bond acceptors (Lipinski definition) is 5. The molecule has 0 bridgehead atoms. The van der Waals surface area contributed by atoms with Gasteiger partial charge in [0, 0.05) is 17.4 Å². The van der Waals surface area contributed by atoms with Crippen molar-refractivity contribution in [1.82, 2.24) is 4.98 Å². The molecule has 1 heterocycles. The first-order chi connectivity index (χ1) is 12.3. The average Bonchev–Trinajstić information content (AvgIpc) is 3.11. The van der Waals surface area contributed by atoms with Crippen molar-refractivity contribution in [3.05, 3.63) is 63.6 Å². The molecule has 1 aliphatic rings. The van der Waals surface area contributed by atoms with E-state index in [1.165, 1.54) is 12.1 Å². The van der Waals surface area contributed by atoms with Crippen LogP contribution >= 0.6 is 0 Å². The Labute approximate surface area is 152 Å². The molecule has 6 nitrogen and oxygen atoms in total. The smallest absolute Gasteiger partial charge is 0.251 e. The molecule has 138 valence electrons. The Kier molecular flexibility index (Phi) is 5.27. The van der Waals surface area contributed by atoms with Crippen LogP contribution in [0.2, 0.25) is 0 Å². The number of H-pyrrole nitrogens is 1. The largest absolute Gasteiger partial charge is 0.392 e. The Bertz CT molecular complexity index is 969. The molecule has 3 rings (SSSR count). The van der Waals surface area contributed by atoms with Crippen molar-refractivity contribution in [2.75, 3.05) is 6.26 Å². The second-order valence-electron chi connectivity index (χ2n) is 6.63. The number of aryl methyl sites for hydroxylation is 1. The van der Waals surface area contributed by atoms with Crippen LogP contribution in [0.25, 0.3) is 0 Å². The van der Waals surface area contributed by atoms with Crippen LogP contribution in [0.5, 0.6) is 0 Å². The number of pyridine rings is 1. The summed E-state index contributed by atoms with van der Waals surface area (Å²) >= 11 is 0. The number of aromatic nitrogens is 1. The minimum atomic E-state index is -3.28. The lowest BCUT2D eigenvalue weighted by atomic mass is 10.1. The quantitative estimate of drug-likeness (QED) is 0.644. The molecular weight excluding hydrogens is 352 g/mol. The first-order valence-electron chi connectivity index (χ1n) is 8.59. The summed E-state index contributed by atoms with van der Waals surface area (Å²) < 4.78 is 23.3. The number of nitrogens with zero attached hydrogens (tertiary/aromatic N) is 1. The Morgan fingerprint density at radius 1 is 1.12 bits per heavy atom. The molecule has 1 aliphatic carbocycles. The van der Waals surface area contributed by atoms with Crippen molar-refractivity contribution in [3.8, 4) is 0 Å². The fourth-order valence-electron chi connectivity index (χ4n) is 2.92. The van der Waals surface area contributed by atoms with Crippen LogP contribution in [0.1, 0.15) is 42.5 Å². The highest BCUT2D eigenvalue weighted by molar-refractivity contribution is 7.90. The van der Waals surface area contributed by atoms with Crippen LogP contribution < -0.4 is 5.56 Å². The number of hydrogen-bond donors (Lipinski definition) is 1. The molecule has 0 atom stereocenters. The van der Waals surface area contributed by atoms with Gasteiger partial charge in [0.2, 0.25) is 0 Å². The molecule has 1 aromatic heterocycles. The first-order valence-corrected chi connectivity index (χ1v) is 10.5. The lowest BCUT2D eigenvalue weighted by Crippen LogP contribution is -2.17. The molecule has 26 heavy (non-hydrogen) atoms. The molecule has 1 N–H and O–H groups in total. The maximum Gasteiger partial charge on any atom is 0.251 e. The van der Waals surface area contributed by atoms with Crippen LogP contribution in [-0.4, -0.2) is 31.5 Å². The summed E-state index contributed by atoms with van der Waals surface area (Å²) in [6, 6.07) is 9.91. The van der Waals surface area contributed by atoms with Gasteiger partial charge in [-0.3, -0.25) is 4.79 Å². The van der Waals surface area contributed by atoms with Crippen LogP contribution in [0.15, 0.2) is 51.2 Å². The molecular formula is C19H22N2O4S. The molecule has 1 fully saturated rings. The minimum Gasteiger partial charge on any atom is -0.392 e. The lowest BCUT2D eigenvalue weighted by Gasteiger charge is -2.11. The second-order valence-corrected chi connectivity index (χ2v) is 8.65. The Morgan fingerprint density at radius 3 is 2.35 bits per heavy atom. The van der Waals surface area contributed by atoms with E-state index in [9.17, 15) is 13.2 Å². The third-order valence-corrected chi connectivity index (χ3v) is 5.64. The molecule has 1 saturated carbocycles. The highest BCUT2D eigenvalue weighted by Gasteiger charge is 2.18. The van der Waals surface area contributed by atoms with Gasteiger partial charge in [-0.15, -0.1) is 0 Å². The van der Waals surface area contributed by atoms with Gasteiger partial charge in [0.1, 0.15) is 11.8 Å². The van der Waals surface area contributed by atoms with E-state index in [-0.39, 0.29) is 16.6 Å². The summed E-state index contributed by atoms with van der Waals surface area (Å²) in [5, 5.41) is 4.31. The predicted octanol–water partition coefficient (Wildman–Crippen LogP) is 2.80. The third kappa shape index (κ3) is 4.22. The summed E-state index contributed by atoms with van der Waals surface area (Å²) in [6.45, 7) is 1.73. The standard InChI is InChI=1S/C19H22N2O4S/c1-13-7-12-17(20-19(13)22)18(21-25-15-5-3-4-6-15)14-8-10-16(11-9-14)26(2,23)24/h7-12,15H,3-6H2,1-2H3,(H,20,22)/b21-18-. The summed E-state index contributed by atoms with van der Waals surface area (Å²) in [6.07, 6.45) is 5.43. The Hall–Kier alpha value is -2.41. The molecule has 0 aliphatic heterocycles. The maximum atomic E-state index is 12.0. The van der Waals surface area contributed by atoms with Crippen LogP contribution in [0, 0.1) is 6.92 Å². The van der Waals surface area contributed by atoms with Crippen LogP contribution in [-0.2, 0) is 14.7 Å². The monoisotopic (exact) mass is 374 g/mol. The minimum absolute atomic E-state index is 0.0810. The van der Waals surface area contributed by atoms with Crippen molar-refractivity contribution in [2.45, 2.75) is 43.6 Å². The first kappa shape index (κ1) is 18.4. The number of sulfone groups is 1. The van der Waals surface area contributed by atoms with Gasteiger partial charge in [0.15, 0.2) is 9.84 Å². The zero-order chi connectivity index (χ0) is 18.7. The summed E-state index contributed by atoms with van der Waals surface area (Å²) in [7, 11) is -3.28. The number of aromatic amines is 1. The number of oxime groups is 1. The van der Waals surface area contributed by atoms with Gasteiger partial charge in [-0.1, -0.05) is 23.4 Å². The van der Waals surface area contributed by atoms with E-state index < -0.39 is 9.84 Å². The second kappa shape index (κ2) is 7.45. The number of nitrogens with one attached hydrogen (secondary N) is 1. The number of benzene rings is 1. The molecule has 0 saturated heterocycles. The molecule has 2 aromatic rings. The van der Waals surface area contributed by atoms with Crippen molar-refractivity contribution in [2.24, 2.45) is 5.16 Å². The predicted molar refractivity (Wildman–Crippen MR) is 100 cm³/mol. The highest BCUT2D eigenvalue weighted by atomic mass is 32.2. The third-order valence-electron chi connectivity index (χ3n) is 4.51. The zero-order valence-corrected chi connectivity index (χ0v) is 15.7. The normalized spacial score (nSPS) is 16.0. The van der Waals surface area contributed by atoms with Gasteiger partial charge in [-0.25, -0.2) is 8.42 Å². The lowest BCUT2D eigenvalue weighted by molar-refractivity contribution is 0.0647. The highest BCUT2D eigenvalue weighted by Crippen LogP contribution is 2.22. The Morgan fingerprint density at radius 2 is 1.77 bits per heavy atom. The van der Waals surface area contributed by atoms with E-state index in [1.54, 1.807) is 31.2 Å². The van der Waals surface area contributed by atoms with E-state index >= 15 is 0 Å². The van der Waals surface area contributed by atoms with E-state index in [1.807, 2.05) is 0 Å². The van der Waals surface area contributed by atoms with E-state index in [0.29, 0.717) is 22.5 Å². The molecule has 7 heteroatoms. The van der Waals surface area contributed by atoms with E-state index in [2.05, 4.69) is 10.1 Å². The molecule has 0 radical (unpaired) electrons. The van der Waals surface area contributed by atoms with Gasteiger partial charge in [0.25, 0.3) is 5.56 Å². The fourth-order valence-corrected chi connectivity index (χ4v) is 3.55. The molecule has 0 amide bonds. The van der Waals surface area contributed by atoms with E-state index in [4.69, 9.17) is 4.84 Å².